The summed E-state index contributed by atoms with van der Waals surface area (Å²) in [6, 6.07) is 6.29. The smallest absolute Gasteiger partial charge is 0.0945 e. The van der Waals surface area contributed by atoms with Crippen LogP contribution < -0.4 is 5.32 Å². The topological polar surface area (TPSA) is 41.5 Å². The van der Waals surface area contributed by atoms with Gasteiger partial charge in [0.25, 0.3) is 0 Å². The molecule has 0 radical (unpaired) electrons. The molecule has 1 aromatic carbocycles. The minimum atomic E-state index is -0.457. The summed E-state index contributed by atoms with van der Waals surface area (Å²) in [6.45, 7) is 8.02. The van der Waals surface area contributed by atoms with Crippen molar-refractivity contribution < 1.29 is 9.84 Å². The van der Waals surface area contributed by atoms with E-state index in [0.29, 0.717) is 13.2 Å². The highest BCUT2D eigenvalue weighted by Gasteiger charge is 2.05. The molecule has 20 heavy (non-hydrogen) atoms. The molecular weight excluding hydrogens is 250 g/mol. The van der Waals surface area contributed by atoms with E-state index in [9.17, 15) is 5.11 Å². The van der Waals surface area contributed by atoms with Crippen LogP contribution in [0.2, 0.25) is 0 Å². The number of hydrogen-bond acceptors (Lipinski definition) is 3. The van der Waals surface area contributed by atoms with Gasteiger partial charge in [-0.2, -0.15) is 0 Å². The quantitative estimate of drug-likeness (QED) is 0.642. The van der Waals surface area contributed by atoms with E-state index >= 15 is 0 Å². The predicted molar refractivity (Wildman–Crippen MR) is 85.4 cm³/mol. The van der Waals surface area contributed by atoms with Crippen LogP contribution >= 0.6 is 0 Å². The number of nitrogens with one attached hydrogen (secondary N) is 1. The average molecular weight is 279 g/mol. The molecule has 0 saturated heterocycles. The van der Waals surface area contributed by atoms with Crippen molar-refractivity contribution in [2.75, 3.05) is 25.1 Å². The molecule has 0 spiro atoms. The first-order valence-electron chi connectivity index (χ1n) is 7.70. The number of ether oxygens (including phenoxy) is 1. The Balaban J connectivity index is 2.16. The summed E-state index contributed by atoms with van der Waals surface area (Å²) in [5, 5.41) is 13.2. The average Bonchev–Trinajstić information content (AvgIpc) is 2.43. The highest BCUT2D eigenvalue weighted by atomic mass is 16.5. The van der Waals surface area contributed by atoms with Gasteiger partial charge in [-0.1, -0.05) is 38.3 Å². The van der Waals surface area contributed by atoms with Crippen LogP contribution in [0.1, 0.15) is 43.7 Å². The molecule has 0 heterocycles. The molecule has 0 bridgehead atoms. The Morgan fingerprint density at radius 3 is 2.75 bits per heavy atom. The fourth-order valence-electron chi connectivity index (χ4n) is 2.06. The van der Waals surface area contributed by atoms with Gasteiger partial charge in [-0.3, -0.25) is 0 Å². The maximum atomic E-state index is 9.89. The van der Waals surface area contributed by atoms with E-state index in [-0.39, 0.29) is 0 Å². The van der Waals surface area contributed by atoms with Crippen LogP contribution in [-0.4, -0.2) is 31.0 Å². The molecule has 1 aromatic rings. The van der Waals surface area contributed by atoms with E-state index in [2.05, 4.69) is 44.3 Å². The van der Waals surface area contributed by atoms with E-state index in [0.717, 1.165) is 18.7 Å². The lowest BCUT2D eigenvalue weighted by molar-refractivity contribution is 0.0416. The SMILES string of the molecule is CCCCCCOCC(O)CNc1cc(C)ccc1C. The lowest BCUT2D eigenvalue weighted by Gasteiger charge is -2.15. The molecule has 1 rings (SSSR count). The molecule has 2 N–H and O–H groups in total. The molecule has 0 aliphatic rings. The minimum absolute atomic E-state index is 0.407. The van der Waals surface area contributed by atoms with E-state index < -0.39 is 6.10 Å². The number of aliphatic hydroxyl groups excluding tert-OH is 1. The Kier molecular flexibility index (Phi) is 8.31. The van der Waals surface area contributed by atoms with Crippen LogP contribution in [0.15, 0.2) is 18.2 Å². The van der Waals surface area contributed by atoms with Crippen LogP contribution in [0.5, 0.6) is 0 Å². The second kappa shape index (κ2) is 9.78. The number of hydrogen-bond donors (Lipinski definition) is 2. The standard InChI is InChI=1S/C17H29NO2/c1-4-5-6-7-10-20-13-16(19)12-18-17-11-14(2)8-9-15(17)3/h8-9,11,16,18-19H,4-7,10,12-13H2,1-3H3. The summed E-state index contributed by atoms with van der Waals surface area (Å²) in [4.78, 5) is 0. The summed E-state index contributed by atoms with van der Waals surface area (Å²) < 4.78 is 5.49. The molecule has 3 nitrogen and oxygen atoms in total. The summed E-state index contributed by atoms with van der Waals surface area (Å²) in [7, 11) is 0. The van der Waals surface area contributed by atoms with Crippen molar-refractivity contribution in [3.05, 3.63) is 29.3 Å². The van der Waals surface area contributed by atoms with Gasteiger partial charge < -0.3 is 15.2 Å². The molecule has 1 atom stereocenters. The molecule has 1 unspecified atom stereocenters. The largest absolute Gasteiger partial charge is 0.389 e. The zero-order valence-corrected chi connectivity index (χ0v) is 13.1. The maximum absolute atomic E-state index is 9.89. The number of rotatable bonds is 10. The third-order valence-corrected chi connectivity index (χ3v) is 3.37. The maximum Gasteiger partial charge on any atom is 0.0945 e. The van der Waals surface area contributed by atoms with Gasteiger partial charge in [-0.15, -0.1) is 0 Å². The lowest BCUT2D eigenvalue weighted by atomic mass is 10.1. The van der Waals surface area contributed by atoms with Crippen molar-refractivity contribution in [3.63, 3.8) is 0 Å². The first-order chi connectivity index (χ1) is 9.63. The number of aryl methyl sites for hydroxylation is 2. The van der Waals surface area contributed by atoms with Gasteiger partial charge >= 0.3 is 0 Å². The van der Waals surface area contributed by atoms with Gasteiger partial charge in [0, 0.05) is 18.8 Å². The summed E-state index contributed by atoms with van der Waals surface area (Å²) >= 11 is 0. The lowest BCUT2D eigenvalue weighted by Crippen LogP contribution is -2.25. The number of aliphatic hydroxyl groups is 1. The Morgan fingerprint density at radius 2 is 2.00 bits per heavy atom. The highest BCUT2D eigenvalue weighted by Crippen LogP contribution is 2.16. The molecule has 0 aromatic heterocycles. The molecule has 114 valence electrons. The van der Waals surface area contributed by atoms with Gasteiger partial charge in [0.05, 0.1) is 12.7 Å². The zero-order chi connectivity index (χ0) is 14.8. The third-order valence-electron chi connectivity index (χ3n) is 3.37. The molecule has 3 heteroatoms. The zero-order valence-electron chi connectivity index (χ0n) is 13.1. The van der Waals surface area contributed by atoms with Crippen LogP contribution in [-0.2, 0) is 4.74 Å². The van der Waals surface area contributed by atoms with Crippen LogP contribution in [0.25, 0.3) is 0 Å². The van der Waals surface area contributed by atoms with Crippen LogP contribution in [0.4, 0.5) is 5.69 Å². The van der Waals surface area contributed by atoms with Gasteiger partial charge in [0.2, 0.25) is 0 Å². The van der Waals surface area contributed by atoms with E-state index in [1.54, 1.807) is 0 Å². The van der Waals surface area contributed by atoms with Crippen molar-refractivity contribution in [1.29, 1.82) is 0 Å². The Hall–Kier alpha value is -1.06. The molecule has 0 aliphatic carbocycles. The molecule has 0 aliphatic heterocycles. The van der Waals surface area contributed by atoms with Crippen LogP contribution in [0, 0.1) is 13.8 Å². The fraction of sp³-hybridized carbons (Fsp3) is 0.647. The predicted octanol–water partition coefficient (Wildman–Crippen LogP) is 3.67. The van der Waals surface area contributed by atoms with Gasteiger partial charge in [0.1, 0.15) is 0 Å². The van der Waals surface area contributed by atoms with Crippen LogP contribution in [0.3, 0.4) is 0 Å². The summed E-state index contributed by atoms with van der Waals surface area (Å²) in [5.74, 6) is 0. The van der Waals surface area contributed by atoms with E-state index in [1.165, 1.54) is 30.4 Å². The van der Waals surface area contributed by atoms with Gasteiger partial charge in [0.15, 0.2) is 0 Å². The molecule has 0 fully saturated rings. The van der Waals surface area contributed by atoms with Crippen molar-refractivity contribution in [1.82, 2.24) is 0 Å². The number of unbranched alkanes of at least 4 members (excludes halogenated alkanes) is 3. The summed E-state index contributed by atoms with van der Waals surface area (Å²) in [5.41, 5.74) is 3.51. The normalized spacial score (nSPS) is 12.4. The third kappa shape index (κ3) is 6.92. The first-order valence-corrected chi connectivity index (χ1v) is 7.70. The monoisotopic (exact) mass is 279 g/mol. The van der Waals surface area contributed by atoms with Crippen molar-refractivity contribution in [2.45, 2.75) is 52.6 Å². The van der Waals surface area contributed by atoms with E-state index in [4.69, 9.17) is 4.74 Å². The molecular formula is C17H29NO2. The first kappa shape index (κ1) is 17.0. The minimum Gasteiger partial charge on any atom is -0.389 e. The van der Waals surface area contributed by atoms with E-state index in [1.807, 2.05) is 0 Å². The second-order valence-electron chi connectivity index (χ2n) is 5.49. The Bertz CT molecular complexity index is 379. The fourth-order valence-corrected chi connectivity index (χ4v) is 2.06. The number of anilines is 1. The molecule has 0 saturated carbocycles. The van der Waals surface area contributed by atoms with Crippen molar-refractivity contribution >= 4 is 5.69 Å². The van der Waals surface area contributed by atoms with Crippen molar-refractivity contribution in [3.8, 4) is 0 Å². The van der Waals surface area contributed by atoms with Gasteiger partial charge in [-0.05, 0) is 37.5 Å². The highest BCUT2D eigenvalue weighted by molar-refractivity contribution is 5.52. The summed E-state index contributed by atoms with van der Waals surface area (Å²) in [6.07, 6.45) is 4.35. The molecule has 0 amide bonds. The second-order valence-corrected chi connectivity index (χ2v) is 5.49. The number of benzene rings is 1. The van der Waals surface area contributed by atoms with Crippen molar-refractivity contribution in [2.24, 2.45) is 0 Å². The Morgan fingerprint density at radius 1 is 1.20 bits per heavy atom. The Labute approximate surface area is 123 Å². The van der Waals surface area contributed by atoms with Gasteiger partial charge in [-0.25, -0.2) is 0 Å².